The summed E-state index contributed by atoms with van der Waals surface area (Å²) in [7, 11) is 0. The maximum Gasteiger partial charge on any atom is 0.223 e. The Morgan fingerprint density at radius 1 is 1.42 bits per heavy atom. The second kappa shape index (κ2) is 5.44. The molecular formula is C13H14N4OS. The van der Waals surface area contributed by atoms with Crippen molar-refractivity contribution in [2.45, 2.75) is 19.5 Å². The van der Waals surface area contributed by atoms with Gasteiger partial charge in [0.15, 0.2) is 11.0 Å². The molecule has 98 valence electrons. The van der Waals surface area contributed by atoms with Gasteiger partial charge >= 0.3 is 0 Å². The van der Waals surface area contributed by atoms with Crippen LogP contribution < -0.4 is 5.32 Å². The molecule has 0 bridgehead atoms. The number of aryl methyl sites for hydroxylation is 1. The predicted octanol–water partition coefficient (Wildman–Crippen LogP) is 2.31. The van der Waals surface area contributed by atoms with E-state index in [0.717, 1.165) is 10.9 Å². The number of aromatic nitrogens is 2. The SMILES string of the molecule is Cc1nc(CN=C2NC(c3ccccc3)CS2)no1. The van der Waals surface area contributed by atoms with Crippen LogP contribution in [0.4, 0.5) is 0 Å². The molecule has 1 aromatic heterocycles. The Kier molecular flexibility index (Phi) is 3.50. The van der Waals surface area contributed by atoms with Crippen LogP contribution in [0.2, 0.25) is 0 Å². The second-order valence-corrected chi connectivity index (χ2v) is 5.28. The van der Waals surface area contributed by atoms with Gasteiger partial charge in [0.05, 0.1) is 6.04 Å². The predicted molar refractivity (Wildman–Crippen MR) is 75.0 cm³/mol. The van der Waals surface area contributed by atoms with Gasteiger partial charge in [-0.1, -0.05) is 47.3 Å². The highest BCUT2D eigenvalue weighted by Gasteiger charge is 2.21. The van der Waals surface area contributed by atoms with Gasteiger partial charge in [-0.3, -0.25) is 4.99 Å². The lowest BCUT2D eigenvalue weighted by Gasteiger charge is -2.09. The molecule has 1 aliphatic rings. The summed E-state index contributed by atoms with van der Waals surface area (Å²) >= 11 is 1.72. The Balaban J connectivity index is 1.62. The third-order valence-corrected chi connectivity index (χ3v) is 3.84. The summed E-state index contributed by atoms with van der Waals surface area (Å²) < 4.78 is 4.91. The van der Waals surface area contributed by atoms with Gasteiger partial charge in [-0.2, -0.15) is 4.98 Å². The van der Waals surface area contributed by atoms with E-state index in [0.29, 0.717) is 24.3 Å². The van der Waals surface area contributed by atoms with Gasteiger partial charge in [0.2, 0.25) is 5.89 Å². The van der Waals surface area contributed by atoms with Gasteiger partial charge in [-0.15, -0.1) is 0 Å². The third-order valence-electron chi connectivity index (χ3n) is 2.82. The summed E-state index contributed by atoms with van der Waals surface area (Å²) in [5, 5.41) is 8.18. The van der Waals surface area contributed by atoms with E-state index in [1.807, 2.05) is 6.07 Å². The molecule has 19 heavy (non-hydrogen) atoms. The number of rotatable bonds is 3. The van der Waals surface area contributed by atoms with Crippen LogP contribution in [0.25, 0.3) is 0 Å². The second-order valence-electron chi connectivity index (χ2n) is 4.27. The molecule has 2 aromatic rings. The molecule has 1 unspecified atom stereocenters. The molecule has 6 heteroatoms. The first-order valence-corrected chi connectivity index (χ1v) is 7.08. The van der Waals surface area contributed by atoms with Crippen molar-refractivity contribution in [3.8, 4) is 0 Å². The number of benzene rings is 1. The minimum Gasteiger partial charge on any atom is -0.357 e. The normalized spacial score (nSPS) is 20.7. The number of thioether (sulfide) groups is 1. The van der Waals surface area contributed by atoms with E-state index in [4.69, 9.17) is 4.52 Å². The Hall–Kier alpha value is -1.82. The van der Waals surface area contributed by atoms with Gasteiger partial charge in [0, 0.05) is 12.7 Å². The molecule has 0 aliphatic carbocycles. The van der Waals surface area contributed by atoms with Crippen molar-refractivity contribution < 1.29 is 4.52 Å². The van der Waals surface area contributed by atoms with E-state index in [1.165, 1.54) is 5.56 Å². The summed E-state index contributed by atoms with van der Waals surface area (Å²) in [5.41, 5.74) is 1.29. The van der Waals surface area contributed by atoms with Crippen LogP contribution in [-0.2, 0) is 6.54 Å². The van der Waals surface area contributed by atoms with Gasteiger partial charge in [0.1, 0.15) is 6.54 Å². The van der Waals surface area contributed by atoms with Gasteiger partial charge < -0.3 is 9.84 Å². The number of hydrogen-bond acceptors (Lipinski definition) is 5. The first-order chi connectivity index (χ1) is 9.31. The number of amidine groups is 1. The number of nitrogens with one attached hydrogen (secondary N) is 1. The zero-order valence-electron chi connectivity index (χ0n) is 10.5. The first kappa shape index (κ1) is 12.2. The third kappa shape index (κ3) is 2.96. The van der Waals surface area contributed by atoms with Crippen LogP contribution in [0.1, 0.15) is 23.3 Å². The summed E-state index contributed by atoms with van der Waals surface area (Å²) in [6, 6.07) is 10.7. The molecule has 0 saturated carbocycles. The number of hydrogen-bond donors (Lipinski definition) is 1. The van der Waals surface area contributed by atoms with Crippen molar-refractivity contribution in [1.29, 1.82) is 0 Å². The lowest BCUT2D eigenvalue weighted by molar-refractivity contribution is 0.387. The lowest BCUT2D eigenvalue weighted by atomic mass is 10.1. The van der Waals surface area contributed by atoms with Crippen molar-refractivity contribution >= 4 is 16.9 Å². The molecule has 1 N–H and O–H groups in total. The molecule has 1 aromatic carbocycles. The van der Waals surface area contributed by atoms with Crippen molar-refractivity contribution in [1.82, 2.24) is 15.5 Å². The molecule has 3 rings (SSSR count). The van der Waals surface area contributed by atoms with E-state index >= 15 is 0 Å². The summed E-state index contributed by atoms with van der Waals surface area (Å²) in [6.45, 7) is 2.23. The largest absolute Gasteiger partial charge is 0.357 e. The highest BCUT2D eigenvalue weighted by Crippen LogP contribution is 2.25. The van der Waals surface area contributed by atoms with E-state index in [9.17, 15) is 0 Å². The quantitative estimate of drug-likeness (QED) is 0.930. The molecule has 0 amide bonds. The van der Waals surface area contributed by atoms with Crippen LogP contribution in [0.3, 0.4) is 0 Å². The first-order valence-electron chi connectivity index (χ1n) is 6.09. The number of aliphatic imine (C=N–C) groups is 1. The minimum atomic E-state index is 0.331. The van der Waals surface area contributed by atoms with Crippen molar-refractivity contribution in [2.75, 3.05) is 5.75 Å². The van der Waals surface area contributed by atoms with Crippen molar-refractivity contribution in [3.05, 3.63) is 47.6 Å². The van der Waals surface area contributed by atoms with E-state index in [2.05, 4.69) is 44.7 Å². The molecule has 0 radical (unpaired) electrons. The maximum atomic E-state index is 4.91. The summed E-state index contributed by atoms with van der Waals surface area (Å²) in [6.07, 6.45) is 0. The van der Waals surface area contributed by atoms with E-state index in [-0.39, 0.29) is 0 Å². The lowest BCUT2D eigenvalue weighted by Crippen LogP contribution is -2.19. The summed E-state index contributed by atoms with van der Waals surface area (Å²) in [5.74, 6) is 2.19. The fourth-order valence-corrected chi connectivity index (χ4v) is 2.88. The van der Waals surface area contributed by atoms with Crippen molar-refractivity contribution in [2.24, 2.45) is 4.99 Å². The smallest absolute Gasteiger partial charge is 0.223 e. The molecule has 1 atom stereocenters. The molecule has 1 aliphatic heterocycles. The average molecular weight is 274 g/mol. The molecule has 5 nitrogen and oxygen atoms in total. The van der Waals surface area contributed by atoms with Gasteiger partial charge in [0.25, 0.3) is 0 Å². The monoisotopic (exact) mass is 274 g/mol. The van der Waals surface area contributed by atoms with Gasteiger partial charge in [-0.25, -0.2) is 0 Å². The average Bonchev–Trinajstić information content (AvgIpc) is 3.06. The van der Waals surface area contributed by atoms with Crippen molar-refractivity contribution in [3.63, 3.8) is 0 Å². The fraction of sp³-hybridized carbons (Fsp3) is 0.308. The minimum absolute atomic E-state index is 0.331. The highest BCUT2D eigenvalue weighted by molar-refractivity contribution is 8.14. The number of nitrogens with zero attached hydrogens (tertiary/aromatic N) is 3. The summed E-state index contributed by atoms with van der Waals surface area (Å²) in [4.78, 5) is 8.59. The van der Waals surface area contributed by atoms with Crippen LogP contribution in [0.15, 0.2) is 39.8 Å². The van der Waals surface area contributed by atoms with E-state index in [1.54, 1.807) is 18.7 Å². The van der Waals surface area contributed by atoms with Crippen LogP contribution in [0, 0.1) is 6.92 Å². The van der Waals surface area contributed by atoms with Gasteiger partial charge in [-0.05, 0) is 5.56 Å². The zero-order chi connectivity index (χ0) is 13.1. The molecular weight excluding hydrogens is 260 g/mol. The van der Waals surface area contributed by atoms with Crippen LogP contribution in [0.5, 0.6) is 0 Å². The van der Waals surface area contributed by atoms with E-state index < -0.39 is 0 Å². The molecule has 1 saturated heterocycles. The highest BCUT2D eigenvalue weighted by atomic mass is 32.2. The molecule has 2 heterocycles. The molecule has 1 fully saturated rings. The zero-order valence-corrected chi connectivity index (χ0v) is 11.4. The Morgan fingerprint density at radius 2 is 2.26 bits per heavy atom. The topological polar surface area (TPSA) is 63.3 Å². The standard InChI is InChI=1S/C13H14N4OS/c1-9-15-12(17-18-9)7-14-13-16-11(8-19-13)10-5-3-2-4-6-10/h2-6,11H,7-8H2,1H3,(H,14,16). The Morgan fingerprint density at radius 3 is 3.00 bits per heavy atom. The molecule has 0 spiro atoms. The maximum absolute atomic E-state index is 4.91. The fourth-order valence-electron chi connectivity index (χ4n) is 1.90. The van der Waals surface area contributed by atoms with Crippen LogP contribution in [-0.4, -0.2) is 21.1 Å². The Labute approximate surface area is 115 Å². The van der Waals surface area contributed by atoms with Crippen LogP contribution >= 0.6 is 11.8 Å². The Bertz CT molecular complexity index is 581.